The van der Waals surface area contributed by atoms with Gasteiger partial charge in [-0.25, -0.2) is 4.98 Å². The van der Waals surface area contributed by atoms with E-state index in [1.807, 2.05) is 48.5 Å². The van der Waals surface area contributed by atoms with E-state index in [9.17, 15) is 4.79 Å². The molecule has 0 spiro atoms. The second-order valence-corrected chi connectivity index (χ2v) is 6.84. The summed E-state index contributed by atoms with van der Waals surface area (Å²) >= 11 is 2.74. The number of nitrogens with zero attached hydrogens (tertiary/aromatic N) is 1. The minimum atomic E-state index is 0.0199. The van der Waals surface area contributed by atoms with Crippen LogP contribution in [0.3, 0.4) is 0 Å². The van der Waals surface area contributed by atoms with Gasteiger partial charge in [-0.05, 0) is 30.0 Å². The predicted molar refractivity (Wildman–Crippen MR) is 88.1 cm³/mol. The fourth-order valence-corrected chi connectivity index (χ4v) is 4.21. The largest absolute Gasteiger partial charge is 0.360 e. The van der Waals surface area contributed by atoms with Crippen molar-refractivity contribution >= 4 is 49.3 Å². The lowest BCUT2D eigenvalue weighted by molar-refractivity contribution is 0.109. The summed E-state index contributed by atoms with van der Waals surface area (Å²) in [6.45, 7) is 0. The van der Waals surface area contributed by atoms with E-state index in [4.69, 9.17) is 0 Å². The molecule has 0 unspecified atom stereocenters. The second kappa shape index (κ2) is 5.02. The highest BCUT2D eigenvalue weighted by atomic mass is 32.2. The Morgan fingerprint density at radius 3 is 2.81 bits per heavy atom. The van der Waals surface area contributed by atoms with Crippen molar-refractivity contribution in [2.45, 2.75) is 4.34 Å². The van der Waals surface area contributed by atoms with Gasteiger partial charge in [-0.3, -0.25) is 4.79 Å². The molecule has 0 saturated heterocycles. The Bertz CT molecular complexity index is 922. The molecule has 0 fully saturated rings. The van der Waals surface area contributed by atoms with Gasteiger partial charge in [0.05, 0.1) is 15.8 Å². The summed E-state index contributed by atoms with van der Waals surface area (Å²) in [6.07, 6.45) is 1.77. The summed E-state index contributed by atoms with van der Waals surface area (Å²) in [5.41, 5.74) is 2.62. The van der Waals surface area contributed by atoms with E-state index in [0.29, 0.717) is 5.56 Å². The van der Waals surface area contributed by atoms with Crippen LogP contribution in [0.4, 0.5) is 0 Å². The first-order valence-corrected chi connectivity index (χ1v) is 8.08. The van der Waals surface area contributed by atoms with E-state index in [-0.39, 0.29) is 5.12 Å². The van der Waals surface area contributed by atoms with Crippen LogP contribution in [0.1, 0.15) is 10.4 Å². The molecule has 3 nitrogen and oxygen atoms in total. The molecule has 0 bridgehead atoms. The SMILES string of the molecule is O=C(Sc1nc2ccccc2s1)c1c[nH]c2ccccc12. The topological polar surface area (TPSA) is 45.8 Å². The van der Waals surface area contributed by atoms with Crippen molar-refractivity contribution in [3.05, 3.63) is 60.3 Å². The number of carbonyl (C=O) groups is 1. The van der Waals surface area contributed by atoms with Crippen LogP contribution in [0.25, 0.3) is 21.1 Å². The van der Waals surface area contributed by atoms with Gasteiger partial charge in [0.2, 0.25) is 5.12 Å². The van der Waals surface area contributed by atoms with Gasteiger partial charge in [0, 0.05) is 17.1 Å². The third-order valence-electron chi connectivity index (χ3n) is 3.26. The number of benzene rings is 2. The molecule has 0 saturated carbocycles. The highest BCUT2D eigenvalue weighted by Crippen LogP contribution is 2.32. The summed E-state index contributed by atoms with van der Waals surface area (Å²) in [4.78, 5) is 20.1. The molecule has 0 aliphatic heterocycles. The summed E-state index contributed by atoms with van der Waals surface area (Å²) in [7, 11) is 0. The Morgan fingerprint density at radius 2 is 1.90 bits per heavy atom. The molecular formula is C16H10N2OS2. The van der Waals surface area contributed by atoms with Gasteiger partial charge in [-0.2, -0.15) is 0 Å². The zero-order valence-corrected chi connectivity index (χ0v) is 12.5. The molecule has 0 amide bonds. The number of hydrogen-bond acceptors (Lipinski definition) is 4. The van der Waals surface area contributed by atoms with Gasteiger partial charge in [0.15, 0.2) is 4.34 Å². The number of aromatic amines is 1. The molecule has 5 heteroatoms. The number of thiazole rings is 1. The number of thioether (sulfide) groups is 1. The molecule has 2 heterocycles. The molecule has 2 aromatic heterocycles. The Morgan fingerprint density at radius 1 is 1.10 bits per heavy atom. The number of H-pyrrole nitrogens is 1. The van der Waals surface area contributed by atoms with Crippen LogP contribution in [-0.2, 0) is 0 Å². The van der Waals surface area contributed by atoms with Crippen molar-refractivity contribution in [3.63, 3.8) is 0 Å². The molecule has 0 aliphatic rings. The summed E-state index contributed by atoms with van der Waals surface area (Å²) in [6, 6.07) is 15.7. The van der Waals surface area contributed by atoms with Crippen molar-refractivity contribution < 1.29 is 4.79 Å². The maximum atomic E-state index is 12.5. The van der Waals surface area contributed by atoms with Crippen LogP contribution in [0.15, 0.2) is 59.1 Å². The highest BCUT2D eigenvalue weighted by molar-refractivity contribution is 8.15. The molecule has 2 aromatic carbocycles. The molecule has 21 heavy (non-hydrogen) atoms. The molecule has 1 N–H and O–H groups in total. The Kier molecular flexibility index (Phi) is 3.02. The predicted octanol–water partition coefficient (Wildman–Crippen LogP) is 4.71. The zero-order valence-electron chi connectivity index (χ0n) is 10.9. The Balaban J connectivity index is 1.69. The number of carbonyl (C=O) groups excluding carboxylic acids is 1. The lowest BCUT2D eigenvalue weighted by Gasteiger charge is -1.95. The third kappa shape index (κ3) is 2.24. The van der Waals surface area contributed by atoms with Crippen molar-refractivity contribution in [1.82, 2.24) is 9.97 Å². The number of fused-ring (bicyclic) bond motifs is 2. The van der Waals surface area contributed by atoms with E-state index in [0.717, 1.165) is 25.5 Å². The van der Waals surface area contributed by atoms with E-state index >= 15 is 0 Å². The quantitative estimate of drug-likeness (QED) is 0.545. The summed E-state index contributed by atoms with van der Waals surface area (Å²) in [5.74, 6) is 0. The maximum Gasteiger partial charge on any atom is 0.228 e. The van der Waals surface area contributed by atoms with Crippen LogP contribution < -0.4 is 0 Å². The number of rotatable bonds is 2. The molecule has 4 aromatic rings. The minimum absolute atomic E-state index is 0.0199. The van der Waals surface area contributed by atoms with E-state index < -0.39 is 0 Å². The molecular weight excluding hydrogens is 300 g/mol. The maximum absolute atomic E-state index is 12.5. The fraction of sp³-hybridized carbons (Fsp3) is 0. The van der Waals surface area contributed by atoms with Gasteiger partial charge in [-0.1, -0.05) is 30.3 Å². The number of hydrogen-bond donors (Lipinski definition) is 1. The van der Waals surface area contributed by atoms with Crippen LogP contribution in [0, 0.1) is 0 Å². The first kappa shape index (κ1) is 12.6. The number of para-hydroxylation sites is 2. The van der Waals surface area contributed by atoms with Gasteiger partial charge in [0.1, 0.15) is 0 Å². The van der Waals surface area contributed by atoms with Crippen LogP contribution in [0.5, 0.6) is 0 Å². The summed E-state index contributed by atoms with van der Waals surface area (Å²) in [5, 5.41) is 0.975. The number of aromatic nitrogens is 2. The van der Waals surface area contributed by atoms with E-state index in [1.165, 1.54) is 11.8 Å². The van der Waals surface area contributed by atoms with Crippen molar-refractivity contribution in [1.29, 1.82) is 0 Å². The van der Waals surface area contributed by atoms with Crippen molar-refractivity contribution in [2.75, 3.05) is 0 Å². The van der Waals surface area contributed by atoms with Gasteiger partial charge in [0.25, 0.3) is 0 Å². The van der Waals surface area contributed by atoms with Gasteiger partial charge >= 0.3 is 0 Å². The van der Waals surface area contributed by atoms with Gasteiger partial charge < -0.3 is 4.98 Å². The Labute approximate surface area is 129 Å². The van der Waals surface area contributed by atoms with Crippen LogP contribution >= 0.6 is 23.1 Å². The molecule has 0 aliphatic carbocycles. The smallest absolute Gasteiger partial charge is 0.228 e. The normalized spacial score (nSPS) is 11.2. The Hall–Kier alpha value is -2.11. The lowest BCUT2D eigenvalue weighted by Crippen LogP contribution is -1.90. The van der Waals surface area contributed by atoms with Gasteiger partial charge in [-0.15, -0.1) is 11.3 Å². The average Bonchev–Trinajstić information content (AvgIpc) is 3.10. The zero-order chi connectivity index (χ0) is 14.2. The second-order valence-electron chi connectivity index (χ2n) is 4.58. The third-order valence-corrected chi connectivity index (χ3v) is 5.27. The van der Waals surface area contributed by atoms with Crippen molar-refractivity contribution in [2.24, 2.45) is 0 Å². The average molecular weight is 310 g/mol. The molecule has 0 atom stereocenters. The summed E-state index contributed by atoms with van der Waals surface area (Å²) < 4.78 is 1.89. The lowest BCUT2D eigenvalue weighted by atomic mass is 10.2. The number of nitrogens with one attached hydrogen (secondary N) is 1. The minimum Gasteiger partial charge on any atom is -0.360 e. The van der Waals surface area contributed by atoms with Crippen LogP contribution in [-0.4, -0.2) is 15.1 Å². The van der Waals surface area contributed by atoms with E-state index in [2.05, 4.69) is 9.97 Å². The fourth-order valence-electron chi connectivity index (χ4n) is 2.27. The monoisotopic (exact) mass is 310 g/mol. The standard InChI is InChI=1S/C16H10N2OS2/c19-15(11-9-17-12-6-2-1-5-10(11)12)21-16-18-13-7-3-4-8-14(13)20-16/h1-9,17H. The molecule has 4 rings (SSSR count). The first-order valence-electron chi connectivity index (χ1n) is 6.45. The highest BCUT2D eigenvalue weighted by Gasteiger charge is 2.15. The van der Waals surface area contributed by atoms with Crippen LogP contribution in [0.2, 0.25) is 0 Å². The van der Waals surface area contributed by atoms with E-state index in [1.54, 1.807) is 17.5 Å². The molecule has 0 radical (unpaired) electrons. The molecule has 102 valence electrons. The van der Waals surface area contributed by atoms with Crippen molar-refractivity contribution in [3.8, 4) is 0 Å². The first-order chi connectivity index (χ1) is 10.3.